The Balaban J connectivity index is 2.57. The molecule has 0 heterocycles. The first-order chi connectivity index (χ1) is 9.69. The summed E-state index contributed by atoms with van der Waals surface area (Å²) < 4.78 is 5.74. The van der Waals surface area contributed by atoms with Gasteiger partial charge in [-0.25, -0.2) is 0 Å². The molecule has 0 fully saturated rings. The summed E-state index contributed by atoms with van der Waals surface area (Å²) in [6, 6.07) is 9.32. The summed E-state index contributed by atoms with van der Waals surface area (Å²) >= 11 is 3.38. The number of halogens is 1. The van der Waals surface area contributed by atoms with Crippen LogP contribution < -0.4 is 10.6 Å². The fourth-order valence-corrected chi connectivity index (χ4v) is 1.79. The van der Waals surface area contributed by atoms with Crippen molar-refractivity contribution in [1.29, 1.82) is 5.26 Å². The zero-order valence-electron chi connectivity index (χ0n) is 11.1. The third-order valence-electron chi connectivity index (χ3n) is 2.42. The van der Waals surface area contributed by atoms with Crippen LogP contribution in [0, 0.1) is 11.3 Å². The summed E-state index contributed by atoms with van der Waals surface area (Å²) in [6.07, 6.45) is 2.10. The van der Waals surface area contributed by atoms with Gasteiger partial charge in [0.1, 0.15) is 11.6 Å². The molecule has 1 aromatic carbocycles. The summed E-state index contributed by atoms with van der Waals surface area (Å²) in [5, 5.41) is 14.6. The molecule has 0 bridgehead atoms. The molecule has 0 aliphatic heterocycles. The van der Waals surface area contributed by atoms with Crippen LogP contribution in [0.4, 0.5) is 5.69 Å². The van der Waals surface area contributed by atoms with Crippen LogP contribution >= 0.6 is 15.9 Å². The van der Waals surface area contributed by atoms with E-state index in [1.165, 1.54) is 6.20 Å². The predicted molar refractivity (Wildman–Crippen MR) is 81.0 cm³/mol. The molecule has 0 aromatic heterocycles. The summed E-state index contributed by atoms with van der Waals surface area (Å²) in [7, 11) is 1.60. The fourth-order valence-electron chi connectivity index (χ4n) is 1.39. The number of hydrogen-bond donors (Lipinski definition) is 2. The lowest BCUT2D eigenvalue weighted by Gasteiger charge is -2.06. The van der Waals surface area contributed by atoms with E-state index in [4.69, 9.17) is 10.00 Å². The number of nitrogens with one attached hydrogen (secondary N) is 2. The normalized spacial score (nSPS) is 10.8. The predicted octanol–water partition coefficient (Wildman–Crippen LogP) is 2.42. The van der Waals surface area contributed by atoms with E-state index in [2.05, 4.69) is 26.6 Å². The first-order valence-corrected chi connectivity index (χ1v) is 6.86. The van der Waals surface area contributed by atoms with Crippen molar-refractivity contribution in [2.45, 2.75) is 6.42 Å². The van der Waals surface area contributed by atoms with Crippen LogP contribution in [0.5, 0.6) is 0 Å². The molecule has 0 aliphatic rings. The number of benzene rings is 1. The highest BCUT2D eigenvalue weighted by atomic mass is 79.9. The van der Waals surface area contributed by atoms with Crippen LogP contribution in [0.15, 0.2) is 40.5 Å². The Kier molecular flexibility index (Phi) is 7.40. The molecule has 2 N–H and O–H groups in total. The van der Waals surface area contributed by atoms with Gasteiger partial charge in [0.25, 0.3) is 5.91 Å². The molecule has 1 aromatic rings. The lowest BCUT2D eigenvalue weighted by molar-refractivity contribution is -0.117. The van der Waals surface area contributed by atoms with E-state index in [1.54, 1.807) is 7.11 Å². The van der Waals surface area contributed by atoms with Gasteiger partial charge in [-0.2, -0.15) is 5.26 Å². The fraction of sp³-hybridized carbons (Fsp3) is 0.286. The highest BCUT2D eigenvalue weighted by molar-refractivity contribution is 9.10. The monoisotopic (exact) mass is 337 g/mol. The molecule has 0 radical (unpaired) electrons. The maximum Gasteiger partial charge on any atom is 0.263 e. The van der Waals surface area contributed by atoms with E-state index < -0.39 is 5.91 Å². The van der Waals surface area contributed by atoms with Crippen molar-refractivity contribution in [2.75, 3.05) is 25.6 Å². The molecule has 0 saturated carbocycles. The van der Waals surface area contributed by atoms with E-state index in [0.29, 0.717) is 19.6 Å². The Morgan fingerprint density at radius 3 is 2.90 bits per heavy atom. The van der Waals surface area contributed by atoms with Crippen molar-refractivity contribution < 1.29 is 9.53 Å². The van der Waals surface area contributed by atoms with Crippen LogP contribution in [0.25, 0.3) is 0 Å². The second-order valence-electron chi connectivity index (χ2n) is 3.90. The summed E-state index contributed by atoms with van der Waals surface area (Å²) in [4.78, 5) is 11.7. The third-order valence-corrected chi connectivity index (χ3v) is 3.11. The Labute approximate surface area is 126 Å². The Morgan fingerprint density at radius 1 is 1.50 bits per heavy atom. The molecule has 106 valence electrons. The summed E-state index contributed by atoms with van der Waals surface area (Å²) in [5.41, 5.74) is 0.811. The molecule has 0 aliphatic carbocycles. The molecular formula is C14H16BrN3O2. The summed E-state index contributed by atoms with van der Waals surface area (Å²) in [6.45, 7) is 1.04. The van der Waals surface area contributed by atoms with Gasteiger partial charge in [-0.15, -0.1) is 0 Å². The number of rotatable bonds is 7. The smallest absolute Gasteiger partial charge is 0.263 e. The molecule has 0 saturated heterocycles. The number of carbonyl (C=O) groups is 1. The maximum atomic E-state index is 11.7. The van der Waals surface area contributed by atoms with Crippen LogP contribution in [-0.2, 0) is 9.53 Å². The van der Waals surface area contributed by atoms with Gasteiger partial charge in [-0.05, 0) is 34.5 Å². The number of amides is 1. The highest BCUT2D eigenvalue weighted by Gasteiger charge is 2.08. The van der Waals surface area contributed by atoms with Crippen molar-refractivity contribution in [1.82, 2.24) is 5.32 Å². The van der Waals surface area contributed by atoms with Gasteiger partial charge >= 0.3 is 0 Å². The zero-order chi connectivity index (χ0) is 14.8. The lowest BCUT2D eigenvalue weighted by Crippen LogP contribution is -2.26. The second kappa shape index (κ2) is 9.13. The van der Waals surface area contributed by atoms with Gasteiger partial charge < -0.3 is 15.4 Å². The topological polar surface area (TPSA) is 74.1 Å². The van der Waals surface area contributed by atoms with E-state index in [-0.39, 0.29) is 5.57 Å². The van der Waals surface area contributed by atoms with Gasteiger partial charge in [0.2, 0.25) is 0 Å². The minimum Gasteiger partial charge on any atom is -0.385 e. The molecule has 0 unspecified atom stereocenters. The van der Waals surface area contributed by atoms with Crippen molar-refractivity contribution in [3.05, 3.63) is 40.5 Å². The first kappa shape index (κ1) is 16.2. The van der Waals surface area contributed by atoms with Crippen molar-refractivity contribution in [3.8, 4) is 6.07 Å². The quantitative estimate of drug-likeness (QED) is 0.455. The summed E-state index contributed by atoms with van der Waals surface area (Å²) in [5.74, 6) is -0.400. The zero-order valence-corrected chi connectivity index (χ0v) is 12.7. The molecule has 20 heavy (non-hydrogen) atoms. The maximum absolute atomic E-state index is 11.7. The second-order valence-corrected chi connectivity index (χ2v) is 4.75. The van der Waals surface area contributed by atoms with E-state index in [1.807, 2.05) is 30.3 Å². The number of methoxy groups -OCH3 is 1. The Bertz CT molecular complexity index is 523. The molecule has 0 atom stereocenters. The Morgan fingerprint density at radius 2 is 2.25 bits per heavy atom. The van der Waals surface area contributed by atoms with Crippen LogP contribution in [0.1, 0.15) is 6.42 Å². The Hall–Kier alpha value is -1.84. The van der Waals surface area contributed by atoms with Gasteiger partial charge in [-0.3, -0.25) is 4.79 Å². The van der Waals surface area contributed by atoms with Crippen molar-refractivity contribution >= 4 is 27.5 Å². The van der Waals surface area contributed by atoms with Gasteiger partial charge in [0.15, 0.2) is 0 Å². The van der Waals surface area contributed by atoms with Crippen LogP contribution in [0.2, 0.25) is 0 Å². The number of carbonyl (C=O) groups excluding carboxylic acids is 1. The molecule has 6 heteroatoms. The van der Waals surface area contributed by atoms with E-state index >= 15 is 0 Å². The molecular weight excluding hydrogens is 322 g/mol. The van der Waals surface area contributed by atoms with Gasteiger partial charge in [0.05, 0.1) is 5.69 Å². The molecule has 1 amide bonds. The molecule has 5 nitrogen and oxygen atoms in total. The third kappa shape index (κ3) is 5.43. The van der Waals surface area contributed by atoms with E-state index in [0.717, 1.165) is 10.2 Å². The van der Waals surface area contributed by atoms with Crippen LogP contribution in [-0.4, -0.2) is 26.2 Å². The van der Waals surface area contributed by atoms with E-state index in [9.17, 15) is 4.79 Å². The largest absolute Gasteiger partial charge is 0.385 e. The average Bonchev–Trinajstić information content (AvgIpc) is 2.46. The van der Waals surface area contributed by atoms with Crippen molar-refractivity contribution in [2.24, 2.45) is 0 Å². The number of anilines is 1. The van der Waals surface area contributed by atoms with Gasteiger partial charge in [-0.1, -0.05) is 12.1 Å². The van der Waals surface area contributed by atoms with Crippen molar-refractivity contribution in [3.63, 3.8) is 0 Å². The number of hydrogen-bond acceptors (Lipinski definition) is 4. The number of nitrogens with zero attached hydrogens (tertiary/aromatic N) is 1. The lowest BCUT2D eigenvalue weighted by atomic mass is 10.2. The number of nitriles is 1. The average molecular weight is 338 g/mol. The van der Waals surface area contributed by atoms with Crippen LogP contribution in [0.3, 0.4) is 0 Å². The standard InChI is InChI=1S/C14H16BrN3O2/c1-20-8-4-7-17-14(19)11(9-16)10-18-13-6-3-2-5-12(13)15/h2-3,5-6,10,18H,4,7-8H2,1H3,(H,17,19)/b11-10-. The molecule has 1 rings (SSSR count). The minimum absolute atomic E-state index is 0.0261. The SMILES string of the molecule is COCCCNC(=O)/C(C#N)=C\Nc1ccccc1Br. The number of ether oxygens (including phenoxy) is 1. The minimum atomic E-state index is -0.400. The van der Waals surface area contributed by atoms with Gasteiger partial charge in [0, 0.05) is 30.9 Å². The highest BCUT2D eigenvalue weighted by Crippen LogP contribution is 2.21. The number of para-hydroxylation sites is 1. The first-order valence-electron chi connectivity index (χ1n) is 6.07. The molecule has 0 spiro atoms.